The molecule has 6 aliphatic carbocycles. The molecule has 17 atom stereocenters. The van der Waals surface area contributed by atoms with Crippen LogP contribution >= 0.6 is 0 Å². The number of aliphatic hydroxyl groups excluding tert-OH is 1. The average Bonchev–Trinajstić information content (AvgIpc) is 3.80. The SMILES string of the molecule is CC1C(=O)OC(=O)C1C1C2CC(CC2C(=O)O)C1C1C2CC(CC2C(=O)OCO)C1C1C(C)C2CC(C(=O)OC(C)(C)C)C1C2. The lowest BCUT2D eigenvalue weighted by atomic mass is 9.53. The van der Waals surface area contributed by atoms with Gasteiger partial charge in [-0.2, -0.15) is 0 Å². The molecular formula is C35H48O10. The fraction of sp³-hybridized carbons (Fsp3) is 0.857. The summed E-state index contributed by atoms with van der Waals surface area (Å²) in [5, 5.41) is 19.6. The molecule has 7 aliphatic rings. The minimum atomic E-state index is -0.855. The van der Waals surface area contributed by atoms with Gasteiger partial charge in [0.1, 0.15) is 5.60 Å². The molecule has 10 nitrogen and oxygen atoms in total. The number of ether oxygens (including phenoxy) is 3. The van der Waals surface area contributed by atoms with Crippen LogP contribution in [-0.2, 0) is 38.2 Å². The molecule has 17 unspecified atom stereocenters. The van der Waals surface area contributed by atoms with Crippen molar-refractivity contribution in [2.75, 3.05) is 6.79 Å². The predicted octanol–water partition coefficient (Wildman–Crippen LogP) is 3.93. The van der Waals surface area contributed by atoms with Gasteiger partial charge in [0.15, 0.2) is 6.79 Å². The second-order valence-corrected chi connectivity index (χ2v) is 16.8. The van der Waals surface area contributed by atoms with E-state index in [1.807, 2.05) is 20.8 Å². The predicted molar refractivity (Wildman–Crippen MR) is 156 cm³/mol. The summed E-state index contributed by atoms with van der Waals surface area (Å²) in [5.74, 6) is -3.78. The summed E-state index contributed by atoms with van der Waals surface area (Å²) >= 11 is 0. The molecule has 248 valence electrons. The van der Waals surface area contributed by atoms with Crippen LogP contribution in [0.3, 0.4) is 0 Å². The molecule has 7 rings (SSSR count). The molecule has 1 saturated heterocycles. The molecule has 6 saturated carbocycles. The molecule has 6 bridgehead atoms. The number of rotatable bonds is 7. The van der Waals surface area contributed by atoms with Gasteiger partial charge in [-0.05, 0) is 130 Å². The molecule has 2 N–H and O–H groups in total. The Balaban J connectivity index is 1.28. The van der Waals surface area contributed by atoms with Gasteiger partial charge in [0.05, 0.1) is 29.6 Å². The monoisotopic (exact) mass is 628 g/mol. The molecule has 0 aromatic heterocycles. The number of carboxylic acid groups (broad SMARTS) is 1. The minimum absolute atomic E-state index is 0.0242. The van der Waals surface area contributed by atoms with Crippen molar-refractivity contribution in [2.24, 2.45) is 101 Å². The number of aliphatic carboxylic acids is 1. The number of carboxylic acids is 1. The number of carbonyl (C=O) groups is 5. The molecule has 0 aromatic rings. The van der Waals surface area contributed by atoms with Crippen LogP contribution in [0.25, 0.3) is 0 Å². The first-order chi connectivity index (χ1) is 21.2. The first-order valence-corrected chi connectivity index (χ1v) is 17.2. The molecule has 10 heteroatoms. The van der Waals surface area contributed by atoms with Gasteiger partial charge in [-0.25, -0.2) is 0 Å². The molecular weight excluding hydrogens is 580 g/mol. The fourth-order valence-corrected chi connectivity index (χ4v) is 12.9. The maximum atomic E-state index is 13.5. The van der Waals surface area contributed by atoms with Crippen molar-refractivity contribution in [3.8, 4) is 0 Å². The Morgan fingerprint density at radius 2 is 1.27 bits per heavy atom. The maximum Gasteiger partial charge on any atom is 0.317 e. The third-order valence-electron chi connectivity index (χ3n) is 14.0. The van der Waals surface area contributed by atoms with E-state index in [1.54, 1.807) is 6.92 Å². The molecule has 1 aliphatic heterocycles. The van der Waals surface area contributed by atoms with E-state index in [0.29, 0.717) is 31.1 Å². The highest BCUT2D eigenvalue weighted by molar-refractivity contribution is 5.96. The van der Waals surface area contributed by atoms with Gasteiger partial charge in [0.2, 0.25) is 0 Å². The van der Waals surface area contributed by atoms with E-state index in [2.05, 4.69) is 6.92 Å². The van der Waals surface area contributed by atoms with Gasteiger partial charge < -0.3 is 24.4 Å². The van der Waals surface area contributed by atoms with Crippen LogP contribution in [-0.4, -0.2) is 52.5 Å². The Hall–Kier alpha value is -2.49. The molecule has 1 heterocycles. The number of hydrogen-bond acceptors (Lipinski definition) is 9. The smallest absolute Gasteiger partial charge is 0.317 e. The van der Waals surface area contributed by atoms with E-state index in [4.69, 9.17) is 14.2 Å². The van der Waals surface area contributed by atoms with Gasteiger partial charge in [-0.1, -0.05) is 13.8 Å². The zero-order valence-electron chi connectivity index (χ0n) is 26.9. The number of fused-ring (bicyclic) bond motifs is 6. The topological polar surface area (TPSA) is 154 Å². The molecule has 45 heavy (non-hydrogen) atoms. The minimum Gasteiger partial charge on any atom is -0.481 e. The van der Waals surface area contributed by atoms with Crippen LogP contribution in [0.5, 0.6) is 0 Å². The summed E-state index contributed by atoms with van der Waals surface area (Å²) < 4.78 is 16.2. The first kappa shape index (κ1) is 31.1. The lowest BCUT2D eigenvalue weighted by Gasteiger charge is -2.51. The van der Waals surface area contributed by atoms with Gasteiger partial charge in [-0.3, -0.25) is 24.0 Å². The highest BCUT2D eigenvalue weighted by atomic mass is 16.6. The Bertz CT molecular complexity index is 1290. The Morgan fingerprint density at radius 1 is 0.733 bits per heavy atom. The quantitative estimate of drug-likeness (QED) is 0.184. The van der Waals surface area contributed by atoms with Crippen molar-refractivity contribution < 1.29 is 48.4 Å². The summed E-state index contributed by atoms with van der Waals surface area (Å²) in [7, 11) is 0. The standard InChI is InChI=1S/C35H48O10/c1-13-15-6-19(23(7-15)33(41)45-35(3,4)5)24(13)26-17-9-20(22(11-17)32(40)43-12-36)29(26)27-16-8-18(21(10-16)30(37)38)28(27)25-14(2)31(39)44-34(25)42/h13-29,36H,6-12H2,1-5H3,(H,37,38). The van der Waals surface area contributed by atoms with Gasteiger partial charge in [-0.15, -0.1) is 0 Å². The van der Waals surface area contributed by atoms with Crippen LogP contribution in [0.2, 0.25) is 0 Å². The third-order valence-corrected chi connectivity index (χ3v) is 14.0. The van der Waals surface area contributed by atoms with Crippen molar-refractivity contribution in [1.82, 2.24) is 0 Å². The van der Waals surface area contributed by atoms with Gasteiger partial charge >= 0.3 is 29.8 Å². The molecule has 0 aromatic carbocycles. The second-order valence-electron chi connectivity index (χ2n) is 16.8. The van der Waals surface area contributed by atoms with Crippen LogP contribution in [0, 0.1) is 101 Å². The van der Waals surface area contributed by atoms with Crippen LogP contribution in [0.4, 0.5) is 0 Å². The van der Waals surface area contributed by atoms with E-state index in [1.165, 1.54) is 0 Å². The van der Waals surface area contributed by atoms with Crippen molar-refractivity contribution in [3.63, 3.8) is 0 Å². The highest BCUT2D eigenvalue weighted by Gasteiger charge is 2.70. The average molecular weight is 629 g/mol. The molecule has 0 spiro atoms. The zero-order valence-corrected chi connectivity index (χ0v) is 26.9. The van der Waals surface area contributed by atoms with Crippen LogP contribution < -0.4 is 0 Å². The molecule has 0 radical (unpaired) electrons. The maximum absolute atomic E-state index is 13.5. The van der Waals surface area contributed by atoms with Crippen molar-refractivity contribution >= 4 is 29.8 Å². The van der Waals surface area contributed by atoms with Crippen LogP contribution in [0.15, 0.2) is 0 Å². The van der Waals surface area contributed by atoms with E-state index < -0.39 is 54.0 Å². The van der Waals surface area contributed by atoms with E-state index in [-0.39, 0.29) is 77.0 Å². The number of hydrogen-bond donors (Lipinski definition) is 2. The lowest BCUT2D eigenvalue weighted by molar-refractivity contribution is -0.166. The van der Waals surface area contributed by atoms with E-state index in [9.17, 15) is 34.2 Å². The normalized spacial score (nSPS) is 49.5. The van der Waals surface area contributed by atoms with Crippen molar-refractivity contribution in [3.05, 3.63) is 0 Å². The second kappa shape index (κ2) is 10.8. The van der Waals surface area contributed by atoms with E-state index >= 15 is 0 Å². The molecule has 7 fully saturated rings. The number of esters is 4. The summed E-state index contributed by atoms with van der Waals surface area (Å²) in [6.07, 6.45) is 4.55. The zero-order chi connectivity index (χ0) is 32.3. The Morgan fingerprint density at radius 3 is 1.82 bits per heavy atom. The number of aliphatic hydroxyl groups is 1. The Labute approximate surface area is 264 Å². The first-order valence-electron chi connectivity index (χ1n) is 17.2. The van der Waals surface area contributed by atoms with E-state index in [0.717, 1.165) is 19.3 Å². The van der Waals surface area contributed by atoms with Crippen LogP contribution in [0.1, 0.15) is 73.1 Å². The third kappa shape index (κ3) is 4.69. The van der Waals surface area contributed by atoms with Crippen molar-refractivity contribution in [1.29, 1.82) is 0 Å². The molecule has 0 amide bonds. The van der Waals surface area contributed by atoms with Gasteiger partial charge in [0.25, 0.3) is 0 Å². The highest BCUT2D eigenvalue weighted by Crippen LogP contribution is 2.72. The summed E-state index contributed by atoms with van der Waals surface area (Å²) in [6, 6.07) is 0. The number of carbonyl (C=O) groups excluding carboxylic acids is 4. The van der Waals surface area contributed by atoms with Gasteiger partial charge in [0, 0.05) is 0 Å². The number of cyclic esters (lactones) is 2. The lowest BCUT2D eigenvalue weighted by Crippen LogP contribution is -2.50. The summed E-state index contributed by atoms with van der Waals surface area (Å²) in [4.78, 5) is 65.1. The summed E-state index contributed by atoms with van der Waals surface area (Å²) in [5.41, 5.74) is -0.573. The fourth-order valence-electron chi connectivity index (χ4n) is 12.9. The Kier molecular flexibility index (Phi) is 7.45. The van der Waals surface area contributed by atoms with Crippen molar-refractivity contribution in [2.45, 2.75) is 78.7 Å². The summed E-state index contributed by atoms with van der Waals surface area (Å²) in [6.45, 7) is 9.06. The largest absolute Gasteiger partial charge is 0.481 e.